The molecule has 2 aliphatic heterocycles. The van der Waals surface area contributed by atoms with Crippen molar-refractivity contribution >= 4 is 0 Å². The van der Waals surface area contributed by atoms with Crippen LogP contribution in [0.1, 0.15) is 11.1 Å². The van der Waals surface area contributed by atoms with E-state index >= 15 is 0 Å². The molecule has 4 rings (SSSR count). The summed E-state index contributed by atoms with van der Waals surface area (Å²) in [5.74, 6) is 0.737. The van der Waals surface area contributed by atoms with Crippen LogP contribution < -0.4 is 10.3 Å². The SMILES string of the molecule is COCc1ccc2c(c1O)CCn1c-2cc(OC[C@@H]2COCCO2)cc1=O. The predicted molar refractivity (Wildman–Crippen MR) is 98.3 cm³/mol. The average Bonchev–Trinajstić information content (AvgIpc) is 2.69. The fourth-order valence-electron chi connectivity index (χ4n) is 3.61. The van der Waals surface area contributed by atoms with Crippen LogP contribution in [0, 0.1) is 0 Å². The Bertz CT molecular complexity index is 885. The molecule has 2 aliphatic rings. The van der Waals surface area contributed by atoms with E-state index in [0.717, 1.165) is 22.4 Å². The molecule has 3 heterocycles. The van der Waals surface area contributed by atoms with Crippen LogP contribution in [-0.4, -0.2) is 49.3 Å². The lowest BCUT2D eigenvalue weighted by Crippen LogP contribution is -2.33. The summed E-state index contributed by atoms with van der Waals surface area (Å²) in [6.45, 7) is 2.83. The molecule has 144 valence electrons. The van der Waals surface area contributed by atoms with Gasteiger partial charge in [-0.2, -0.15) is 0 Å². The summed E-state index contributed by atoms with van der Waals surface area (Å²) in [5, 5.41) is 10.6. The van der Waals surface area contributed by atoms with Crippen LogP contribution in [0.5, 0.6) is 11.5 Å². The highest BCUT2D eigenvalue weighted by Gasteiger charge is 2.23. The Hall–Kier alpha value is -2.35. The largest absolute Gasteiger partial charge is 0.507 e. The van der Waals surface area contributed by atoms with E-state index in [0.29, 0.717) is 51.7 Å². The van der Waals surface area contributed by atoms with E-state index in [9.17, 15) is 9.90 Å². The van der Waals surface area contributed by atoms with Gasteiger partial charge >= 0.3 is 0 Å². The number of hydrogen-bond acceptors (Lipinski definition) is 6. The Morgan fingerprint density at radius 2 is 2.19 bits per heavy atom. The molecular formula is C20H23NO6. The van der Waals surface area contributed by atoms with Crippen LogP contribution in [0.2, 0.25) is 0 Å². The maximum absolute atomic E-state index is 12.5. The molecule has 1 aromatic heterocycles. The fraction of sp³-hybridized carbons (Fsp3) is 0.450. The number of fused-ring (bicyclic) bond motifs is 3. The molecule has 0 saturated carbocycles. The van der Waals surface area contributed by atoms with E-state index in [1.54, 1.807) is 11.7 Å². The minimum absolute atomic E-state index is 0.116. The smallest absolute Gasteiger partial charge is 0.254 e. The van der Waals surface area contributed by atoms with Gasteiger partial charge in [-0.25, -0.2) is 0 Å². The first-order chi connectivity index (χ1) is 13.2. The first-order valence-electron chi connectivity index (χ1n) is 9.07. The van der Waals surface area contributed by atoms with Crippen molar-refractivity contribution in [1.82, 2.24) is 4.57 Å². The maximum Gasteiger partial charge on any atom is 0.254 e. The Kier molecular flexibility index (Phi) is 5.15. The van der Waals surface area contributed by atoms with Crippen LogP contribution >= 0.6 is 0 Å². The zero-order valence-corrected chi connectivity index (χ0v) is 15.3. The van der Waals surface area contributed by atoms with Crippen molar-refractivity contribution in [2.75, 3.05) is 33.5 Å². The number of nitrogens with zero attached hydrogens (tertiary/aromatic N) is 1. The second kappa shape index (κ2) is 7.72. The highest BCUT2D eigenvalue weighted by atomic mass is 16.6. The number of benzene rings is 1. The molecule has 0 bridgehead atoms. The van der Waals surface area contributed by atoms with Crippen molar-refractivity contribution in [2.24, 2.45) is 0 Å². The molecule has 2 aromatic rings. The molecule has 27 heavy (non-hydrogen) atoms. The molecule has 1 aromatic carbocycles. The van der Waals surface area contributed by atoms with Gasteiger partial charge in [0, 0.05) is 42.5 Å². The average molecular weight is 373 g/mol. The number of phenols is 1. The number of methoxy groups -OCH3 is 1. The summed E-state index contributed by atoms with van der Waals surface area (Å²) >= 11 is 0. The second-order valence-electron chi connectivity index (χ2n) is 6.73. The van der Waals surface area contributed by atoms with Gasteiger partial charge in [0.15, 0.2) is 0 Å². The number of hydrogen-bond donors (Lipinski definition) is 1. The van der Waals surface area contributed by atoms with Gasteiger partial charge in [-0.1, -0.05) is 12.1 Å². The van der Waals surface area contributed by atoms with E-state index in [-0.39, 0.29) is 17.4 Å². The molecule has 0 amide bonds. The molecule has 0 aliphatic carbocycles. The fourth-order valence-corrected chi connectivity index (χ4v) is 3.61. The van der Waals surface area contributed by atoms with Gasteiger partial charge in [0.05, 0.1) is 32.1 Å². The lowest BCUT2D eigenvalue weighted by atomic mass is 9.94. The minimum atomic E-state index is -0.134. The number of phenolic OH excluding ortho intramolecular Hbond substituents is 1. The van der Waals surface area contributed by atoms with E-state index in [4.69, 9.17) is 18.9 Å². The first-order valence-corrected chi connectivity index (χ1v) is 9.07. The third-order valence-corrected chi connectivity index (χ3v) is 4.95. The number of aromatic hydroxyl groups is 1. The standard InChI is InChI=1S/C20H23NO6/c1-24-10-13-2-3-16-17(20(13)23)4-5-21-18(16)8-14(9-19(21)22)27-12-15-11-25-6-7-26-15/h2-3,8-9,15,23H,4-7,10-12H2,1H3/t15-/m0/s1. The molecule has 0 unspecified atom stereocenters. The van der Waals surface area contributed by atoms with Gasteiger partial charge < -0.3 is 28.6 Å². The third kappa shape index (κ3) is 3.58. The lowest BCUT2D eigenvalue weighted by molar-refractivity contribution is -0.101. The summed E-state index contributed by atoms with van der Waals surface area (Å²) in [5.41, 5.74) is 3.06. The number of pyridine rings is 1. The highest BCUT2D eigenvalue weighted by molar-refractivity contribution is 5.71. The van der Waals surface area contributed by atoms with Crippen molar-refractivity contribution < 1.29 is 24.1 Å². The van der Waals surface area contributed by atoms with E-state index in [1.165, 1.54) is 6.07 Å². The Balaban J connectivity index is 1.64. The molecule has 0 spiro atoms. The van der Waals surface area contributed by atoms with E-state index < -0.39 is 0 Å². The van der Waals surface area contributed by atoms with Gasteiger partial charge in [0.1, 0.15) is 24.2 Å². The van der Waals surface area contributed by atoms with Gasteiger partial charge in [0.25, 0.3) is 5.56 Å². The number of ether oxygens (including phenoxy) is 4. The van der Waals surface area contributed by atoms with Crippen molar-refractivity contribution in [3.63, 3.8) is 0 Å². The molecule has 1 fully saturated rings. The monoisotopic (exact) mass is 373 g/mol. The summed E-state index contributed by atoms with van der Waals surface area (Å²) in [4.78, 5) is 12.5. The highest BCUT2D eigenvalue weighted by Crippen LogP contribution is 2.37. The van der Waals surface area contributed by atoms with Crippen molar-refractivity contribution in [2.45, 2.75) is 25.7 Å². The van der Waals surface area contributed by atoms with Crippen LogP contribution in [0.25, 0.3) is 11.3 Å². The topological polar surface area (TPSA) is 79.2 Å². The van der Waals surface area contributed by atoms with Crippen LogP contribution in [0.15, 0.2) is 29.1 Å². The van der Waals surface area contributed by atoms with Gasteiger partial charge in [-0.05, 0) is 6.42 Å². The second-order valence-corrected chi connectivity index (χ2v) is 6.73. The molecule has 1 N–H and O–H groups in total. The van der Waals surface area contributed by atoms with Crippen molar-refractivity contribution in [3.05, 3.63) is 45.7 Å². The van der Waals surface area contributed by atoms with Crippen molar-refractivity contribution in [3.8, 4) is 22.8 Å². The summed E-state index contributed by atoms with van der Waals surface area (Å²) in [7, 11) is 1.60. The molecule has 7 heteroatoms. The van der Waals surface area contributed by atoms with Gasteiger partial charge in [-0.15, -0.1) is 0 Å². The lowest BCUT2D eigenvalue weighted by Gasteiger charge is -2.25. The summed E-state index contributed by atoms with van der Waals surface area (Å²) < 4.78 is 23.6. The summed E-state index contributed by atoms with van der Waals surface area (Å²) in [6, 6.07) is 7.10. The van der Waals surface area contributed by atoms with Crippen molar-refractivity contribution in [1.29, 1.82) is 0 Å². The first kappa shape index (κ1) is 18.0. The van der Waals surface area contributed by atoms with Gasteiger partial charge in [0.2, 0.25) is 0 Å². The van der Waals surface area contributed by atoms with E-state index in [2.05, 4.69) is 0 Å². The zero-order valence-electron chi connectivity index (χ0n) is 15.3. The maximum atomic E-state index is 12.5. The van der Waals surface area contributed by atoms with Crippen LogP contribution in [-0.2, 0) is 33.8 Å². The minimum Gasteiger partial charge on any atom is -0.507 e. The normalized spacial score (nSPS) is 18.6. The molecule has 1 saturated heterocycles. The molecule has 0 radical (unpaired) electrons. The Morgan fingerprint density at radius 3 is 2.96 bits per heavy atom. The van der Waals surface area contributed by atoms with Gasteiger partial charge in [-0.3, -0.25) is 4.79 Å². The predicted octanol–water partition coefficient (Wildman–Crippen LogP) is 1.72. The molecule has 7 nitrogen and oxygen atoms in total. The number of rotatable bonds is 5. The zero-order chi connectivity index (χ0) is 18.8. The molecular weight excluding hydrogens is 350 g/mol. The van der Waals surface area contributed by atoms with Crippen LogP contribution in [0.4, 0.5) is 0 Å². The Labute approximate surface area is 157 Å². The third-order valence-electron chi connectivity index (χ3n) is 4.95. The number of aromatic nitrogens is 1. The molecule has 1 atom stereocenters. The van der Waals surface area contributed by atoms with Crippen LogP contribution in [0.3, 0.4) is 0 Å². The Morgan fingerprint density at radius 1 is 1.30 bits per heavy atom. The summed E-state index contributed by atoms with van der Waals surface area (Å²) in [6.07, 6.45) is 0.462. The van der Waals surface area contributed by atoms with E-state index in [1.807, 2.05) is 18.2 Å². The quantitative estimate of drug-likeness (QED) is 0.860.